The van der Waals surface area contributed by atoms with Gasteiger partial charge >= 0.3 is 0 Å². The Balaban J connectivity index is 2.84. The van der Waals surface area contributed by atoms with E-state index in [9.17, 15) is 0 Å². The molecule has 0 radical (unpaired) electrons. The molecule has 0 saturated heterocycles. The third-order valence-corrected chi connectivity index (χ3v) is 2.54. The van der Waals surface area contributed by atoms with Crippen molar-refractivity contribution in [2.45, 2.75) is 26.7 Å². The first kappa shape index (κ1) is 9.06. The highest BCUT2D eigenvalue weighted by molar-refractivity contribution is 5.61. The third-order valence-electron chi connectivity index (χ3n) is 2.54. The van der Waals surface area contributed by atoms with Crippen molar-refractivity contribution in [2.75, 3.05) is 5.73 Å². The van der Waals surface area contributed by atoms with E-state index < -0.39 is 0 Å². The van der Waals surface area contributed by atoms with Crippen LogP contribution < -0.4 is 5.73 Å². The van der Waals surface area contributed by atoms with Crippen molar-refractivity contribution in [2.24, 2.45) is 0 Å². The Morgan fingerprint density at radius 3 is 2.79 bits per heavy atom. The van der Waals surface area contributed by atoms with Crippen LogP contribution in [0.15, 0.2) is 18.3 Å². The second-order valence-electron chi connectivity index (χ2n) is 3.92. The van der Waals surface area contributed by atoms with Crippen LogP contribution >= 0.6 is 0 Å². The molecule has 0 atom stereocenters. The molecule has 0 fully saturated rings. The second-order valence-corrected chi connectivity index (χ2v) is 3.92. The van der Waals surface area contributed by atoms with Gasteiger partial charge in [-0.1, -0.05) is 13.8 Å². The summed E-state index contributed by atoms with van der Waals surface area (Å²) < 4.78 is 2.00. The topological polar surface area (TPSA) is 43.3 Å². The molecule has 0 unspecified atom stereocenters. The van der Waals surface area contributed by atoms with Gasteiger partial charge in [-0.2, -0.15) is 0 Å². The molecular formula is C11H15N3. The molecule has 0 aliphatic carbocycles. The summed E-state index contributed by atoms with van der Waals surface area (Å²) in [5, 5.41) is 0. The lowest BCUT2D eigenvalue weighted by Gasteiger charge is -2.04. The van der Waals surface area contributed by atoms with Gasteiger partial charge in [-0.05, 0) is 30.5 Å². The standard InChI is InChI=1S/C11H15N3/c1-7(2)9-6-8(3)14-10(9)4-5-13-11(14)12/h4-7H,1-3H3,(H2,12,13). The Morgan fingerprint density at radius 1 is 1.43 bits per heavy atom. The summed E-state index contributed by atoms with van der Waals surface area (Å²) in [4.78, 5) is 4.08. The average molecular weight is 189 g/mol. The minimum Gasteiger partial charge on any atom is -0.369 e. The van der Waals surface area contributed by atoms with E-state index in [4.69, 9.17) is 5.73 Å². The summed E-state index contributed by atoms with van der Waals surface area (Å²) >= 11 is 0. The third kappa shape index (κ3) is 1.16. The minimum atomic E-state index is 0.514. The molecule has 2 heterocycles. The molecule has 2 N–H and O–H groups in total. The Kier molecular flexibility index (Phi) is 1.95. The highest BCUT2D eigenvalue weighted by atomic mass is 15.1. The number of hydrogen-bond acceptors (Lipinski definition) is 2. The van der Waals surface area contributed by atoms with Crippen LogP contribution in [-0.4, -0.2) is 9.38 Å². The zero-order valence-electron chi connectivity index (χ0n) is 8.78. The van der Waals surface area contributed by atoms with Crippen LogP contribution in [0, 0.1) is 6.92 Å². The van der Waals surface area contributed by atoms with E-state index in [-0.39, 0.29) is 0 Å². The Hall–Kier alpha value is -1.51. The fraction of sp³-hybridized carbons (Fsp3) is 0.364. The fourth-order valence-electron chi connectivity index (χ4n) is 1.86. The van der Waals surface area contributed by atoms with Gasteiger partial charge in [0.25, 0.3) is 0 Å². The van der Waals surface area contributed by atoms with E-state index in [1.54, 1.807) is 6.20 Å². The summed E-state index contributed by atoms with van der Waals surface area (Å²) in [5.41, 5.74) is 9.47. The molecule has 0 aliphatic heterocycles. The Bertz CT molecular complexity index is 469. The predicted octanol–water partition coefficient (Wildman–Crippen LogP) is 2.35. The highest BCUT2D eigenvalue weighted by Gasteiger charge is 2.10. The van der Waals surface area contributed by atoms with E-state index in [0.717, 1.165) is 5.69 Å². The maximum Gasteiger partial charge on any atom is 0.204 e. The molecule has 14 heavy (non-hydrogen) atoms. The van der Waals surface area contributed by atoms with Crippen molar-refractivity contribution < 1.29 is 0 Å². The highest BCUT2D eigenvalue weighted by Crippen LogP contribution is 2.25. The average Bonchev–Trinajstić information content (AvgIpc) is 2.45. The maximum absolute atomic E-state index is 5.82. The summed E-state index contributed by atoms with van der Waals surface area (Å²) in [6.07, 6.45) is 1.76. The Labute approximate surface area is 83.6 Å². The second kappa shape index (κ2) is 3.01. The number of nitrogen functional groups attached to an aromatic ring is 1. The smallest absolute Gasteiger partial charge is 0.204 e. The summed E-state index contributed by atoms with van der Waals surface area (Å²) in [5.74, 6) is 1.08. The van der Waals surface area contributed by atoms with Gasteiger partial charge in [0.05, 0.1) is 5.52 Å². The molecule has 0 aromatic carbocycles. The van der Waals surface area contributed by atoms with Gasteiger partial charge in [-0.3, -0.25) is 4.40 Å². The first-order valence-electron chi connectivity index (χ1n) is 4.83. The molecule has 3 heteroatoms. The van der Waals surface area contributed by atoms with Gasteiger partial charge in [-0.25, -0.2) is 4.98 Å². The van der Waals surface area contributed by atoms with Gasteiger partial charge in [0.15, 0.2) is 0 Å². The van der Waals surface area contributed by atoms with E-state index >= 15 is 0 Å². The maximum atomic E-state index is 5.82. The largest absolute Gasteiger partial charge is 0.369 e. The number of hydrogen-bond donors (Lipinski definition) is 1. The molecule has 3 nitrogen and oxygen atoms in total. The van der Waals surface area contributed by atoms with Gasteiger partial charge in [0.1, 0.15) is 0 Å². The monoisotopic (exact) mass is 189 g/mol. The predicted molar refractivity (Wildman–Crippen MR) is 58.4 cm³/mol. The van der Waals surface area contributed by atoms with Crippen LogP contribution in [0.2, 0.25) is 0 Å². The summed E-state index contributed by atoms with van der Waals surface area (Å²) in [6, 6.07) is 4.19. The number of anilines is 1. The van der Waals surface area contributed by atoms with Gasteiger partial charge in [0, 0.05) is 11.9 Å². The van der Waals surface area contributed by atoms with Crippen LogP contribution in [0.25, 0.3) is 5.52 Å². The minimum absolute atomic E-state index is 0.514. The molecule has 74 valence electrons. The lowest BCUT2D eigenvalue weighted by molar-refractivity contribution is 0.876. The first-order chi connectivity index (χ1) is 6.61. The number of aryl methyl sites for hydroxylation is 1. The van der Waals surface area contributed by atoms with Crippen molar-refractivity contribution in [3.8, 4) is 0 Å². The van der Waals surface area contributed by atoms with Crippen molar-refractivity contribution >= 4 is 11.5 Å². The quantitative estimate of drug-likeness (QED) is 0.748. The number of fused-ring (bicyclic) bond motifs is 1. The lowest BCUT2D eigenvalue weighted by Crippen LogP contribution is -2.00. The molecule has 0 spiro atoms. The van der Waals surface area contributed by atoms with Crippen LogP contribution in [0.3, 0.4) is 0 Å². The Morgan fingerprint density at radius 2 is 2.14 bits per heavy atom. The van der Waals surface area contributed by atoms with E-state index in [1.165, 1.54) is 11.1 Å². The number of nitrogens with two attached hydrogens (primary N) is 1. The molecule has 0 bridgehead atoms. The summed E-state index contributed by atoms with van der Waals surface area (Å²) in [7, 11) is 0. The number of aromatic nitrogens is 2. The van der Waals surface area contributed by atoms with Crippen molar-refractivity contribution in [1.82, 2.24) is 9.38 Å². The van der Waals surface area contributed by atoms with E-state index in [1.807, 2.05) is 10.5 Å². The number of rotatable bonds is 1. The SMILES string of the molecule is Cc1cc(C(C)C)c2ccnc(N)n12. The van der Waals surface area contributed by atoms with Crippen LogP contribution in [0.5, 0.6) is 0 Å². The van der Waals surface area contributed by atoms with E-state index in [2.05, 4.69) is 31.8 Å². The van der Waals surface area contributed by atoms with Crippen LogP contribution in [0.4, 0.5) is 5.95 Å². The first-order valence-corrected chi connectivity index (χ1v) is 4.83. The molecule has 0 amide bonds. The zero-order chi connectivity index (χ0) is 10.3. The van der Waals surface area contributed by atoms with Crippen molar-refractivity contribution in [3.63, 3.8) is 0 Å². The van der Waals surface area contributed by atoms with Crippen molar-refractivity contribution in [1.29, 1.82) is 0 Å². The van der Waals surface area contributed by atoms with E-state index in [0.29, 0.717) is 11.9 Å². The molecular weight excluding hydrogens is 174 g/mol. The fourth-order valence-corrected chi connectivity index (χ4v) is 1.86. The van der Waals surface area contributed by atoms with Crippen molar-refractivity contribution in [3.05, 3.63) is 29.6 Å². The van der Waals surface area contributed by atoms with Crippen LogP contribution in [-0.2, 0) is 0 Å². The molecule has 2 aromatic heterocycles. The molecule has 0 aliphatic rings. The van der Waals surface area contributed by atoms with Gasteiger partial charge in [0.2, 0.25) is 5.95 Å². The van der Waals surface area contributed by atoms with Gasteiger partial charge in [-0.15, -0.1) is 0 Å². The molecule has 2 rings (SSSR count). The summed E-state index contributed by atoms with van der Waals surface area (Å²) in [6.45, 7) is 6.42. The number of nitrogens with zero attached hydrogens (tertiary/aromatic N) is 2. The molecule has 2 aromatic rings. The van der Waals surface area contributed by atoms with Crippen LogP contribution in [0.1, 0.15) is 31.0 Å². The van der Waals surface area contributed by atoms with Gasteiger partial charge < -0.3 is 5.73 Å². The molecule has 0 saturated carbocycles. The lowest BCUT2D eigenvalue weighted by atomic mass is 10.1. The normalized spacial score (nSPS) is 11.4. The zero-order valence-corrected chi connectivity index (χ0v) is 8.78.